The van der Waals surface area contributed by atoms with Crippen LogP contribution in [0, 0.1) is 0 Å². The number of nitrogen functional groups attached to an aromatic ring is 1. The van der Waals surface area contributed by atoms with Crippen LogP contribution in [0.1, 0.15) is 6.92 Å². The van der Waals surface area contributed by atoms with Gasteiger partial charge in [-0.2, -0.15) is 0 Å². The van der Waals surface area contributed by atoms with E-state index < -0.39 is 0 Å². The van der Waals surface area contributed by atoms with Crippen molar-refractivity contribution in [1.82, 2.24) is 0 Å². The predicted molar refractivity (Wildman–Crippen MR) is 47.0 cm³/mol. The van der Waals surface area contributed by atoms with E-state index in [9.17, 15) is 0 Å². The third kappa shape index (κ3) is 1.77. The molecule has 0 aliphatic heterocycles. The number of ether oxygens (including phenoxy) is 1. The Morgan fingerprint density at radius 1 is 1.55 bits per heavy atom. The summed E-state index contributed by atoms with van der Waals surface area (Å²) in [5.41, 5.74) is 6.12. The van der Waals surface area contributed by atoms with Crippen molar-refractivity contribution in [2.24, 2.45) is 0 Å². The second-order valence-electron chi connectivity index (χ2n) is 2.08. The maximum atomic E-state index is 5.74. The van der Waals surface area contributed by atoms with Crippen molar-refractivity contribution >= 4 is 17.3 Å². The van der Waals surface area contributed by atoms with Crippen molar-refractivity contribution in [1.29, 1.82) is 0 Å². The molecule has 1 aromatic carbocycles. The maximum Gasteiger partial charge on any atom is 0.143 e. The van der Waals surface area contributed by atoms with E-state index in [1.165, 1.54) is 0 Å². The Morgan fingerprint density at radius 3 is 2.91 bits per heavy atom. The Bertz CT molecular complexity index is 250. The molecule has 11 heavy (non-hydrogen) atoms. The third-order valence-electron chi connectivity index (χ3n) is 1.31. The fourth-order valence-corrected chi connectivity index (χ4v) is 0.964. The summed E-state index contributed by atoms with van der Waals surface area (Å²) in [6.45, 7) is 2.50. The molecule has 0 amide bonds. The van der Waals surface area contributed by atoms with Crippen LogP contribution >= 0.6 is 11.6 Å². The van der Waals surface area contributed by atoms with Gasteiger partial charge in [0.15, 0.2) is 0 Å². The number of nitrogens with two attached hydrogens (primary N) is 1. The molecule has 3 heteroatoms. The van der Waals surface area contributed by atoms with Gasteiger partial charge in [-0.3, -0.25) is 0 Å². The van der Waals surface area contributed by atoms with Gasteiger partial charge in [0.05, 0.1) is 17.3 Å². The van der Waals surface area contributed by atoms with Crippen LogP contribution in [0.5, 0.6) is 5.75 Å². The van der Waals surface area contributed by atoms with E-state index in [-0.39, 0.29) is 0 Å². The van der Waals surface area contributed by atoms with Gasteiger partial charge in [-0.15, -0.1) is 0 Å². The van der Waals surface area contributed by atoms with E-state index >= 15 is 0 Å². The quantitative estimate of drug-likeness (QED) is 0.694. The molecule has 1 aromatic rings. The highest BCUT2D eigenvalue weighted by Gasteiger charge is 2.01. The number of hydrogen-bond acceptors (Lipinski definition) is 2. The number of benzene rings is 1. The van der Waals surface area contributed by atoms with Crippen LogP contribution in [0.2, 0.25) is 5.02 Å². The number of halogens is 1. The van der Waals surface area contributed by atoms with Gasteiger partial charge in [0.2, 0.25) is 0 Å². The number of anilines is 1. The number of hydrogen-bond donors (Lipinski definition) is 1. The fraction of sp³-hybridized carbons (Fsp3) is 0.250. The Labute approximate surface area is 70.9 Å². The minimum atomic E-state index is 0.510. The van der Waals surface area contributed by atoms with Crippen molar-refractivity contribution in [2.45, 2.75) is 6.92 Å². The lowest BCUT2D eigenvalue weighted by atomic mass is 10.3. The first-order valence-corrected chi connectivity index (χ1v) is 3.80. The van der Waals surface area contributed by atoms with Crippen molar-refractivity contribution < 1.29 is 4.74 Å². The molecule has 0 heterocycles. The molecule has 0 saturated heterocycles. The van der Waals surface area contributed by atoms with Crippen LogP contribution in [0.4, 0.5) is 5.69 Å². The normalized spacial score (nSPS) is 9.64. The smallest absolute Gasteiger partial charge is 0.143 e. The summed E-state index contributed by atoms with van der Waals surface area (Å²) >= 11 is 5.74. The van der Waals surface area contributed by atoms with Crippen LogP contribution in [0.3, 0.4) is 0 Å². The molecule has 0 aliphatic rings. The molecule has 60 valence electrons. The van der Waals surface area contributed by atoms with Gasteiger partial charge < -0.3 is 10.5 Å². The lowest BCUT2D eigenvalue weighted by Gasteiger charge is -2.06. The molecule has 0 atom stereocenters. The summed E-state index contributed by atoms with van der Waals surface area (Å²) in [4.78, 5) is 0. The minimum absolute atomic E-state index is 0.510. The Hall–Kier alpha value is -0.890. The molecular weight excluding hydrogens is 162 g/mol. The molecule has 0 aromatic heterocycles. The van der Waals surface area contributed by atoms with Crippen LogP contribution < -0.4 is 10.5 Å². The van der Waals surface area contributed by atoms with Crippen molar-refractivity contribution in [3.8, 4) is 5.75 Å². The standard InChI is InChI=1S/C8H10ClNO/c1-2-11-7-5-3-4-6(9)8(7)10/h3-5H,2,10H2,1H3. The third-order valence-corrected chi connectivity index (χ3v) is 1.64. The highest BCUT2D eigenvalue weighted by Crippen LogP contribution is 2.28. The first kappa shape index (κ1) is 8.21. The van der Waals surface area contributed by atoms with Crippen molar-refractivity contribution in [2.75, 3.05) is 12.3 Å². The second-order valence-corrected chi connectivity index (χ2v) is 2.49. The first-order valence-electron chi connectivity index (χ1n) is 3.42. The van der Waals surface area contributed by atoms with Gasteiger partial charge in [0.1, 0.15) is 5.75 Å². The van der Waals surface area contributed by atoms with E-state index in [4.69, 9.17) is 22.1 Å². The molecule has 2 N–H and O–H groups in total. The molecule has 0 fully saturated rings. The van der Waals surface area contributed by atoms with Gasteiger partial charge in [0, 0.05) is 0 Å². The molecule has 2 nitrogen and oxygen atoms in total. The average molecular weight is 172 g/mol. The minimum Gasteiger partial charge on any atom is -0.492 e. The summed E-state index contributed by atoms with van der Waals surface area (Å²) in [6.07, 6.45) is 0. The summed E-state index contributed by atoms with van der Waals surface area (Å²) in [7, 11) is 0. The largest absolute Gasteiger partial charge is 0.492 e. The summed E-state index contributed by atoms with van der Waals surface area (Å²) < 4.78 is 5.21. The fourth-order valence-electron chi connectivity index (χ4n) is 0.799. The lowest BCUT2D eigenvalue weighted by molar-refractivity contribution is 0.342. The van der Waals surface area contributed by atoms with Crippen molar-refractivity contribution in [3.05, 3.63) is 23.2 Å². The molecule has 0 saturated carbocycles. The summed E-state index contributed by atoms with van der Waals surface area (Å²) in [5.74, 6) is 0.653. The SMILES string of the molecule is CCOc1cccc(Cl)c1N. The van der Waals surface area contributed by atoms with Crippen LogP contribution in [-0.4, -0.2) is 6.61 Å². The molecule has 0 aliphatic carbocycles. The molecule has 0 bridgehead atoms. The predicted octanol–water partition coefficient (Wildman–Crippen LogP) is 2.32. The van der Waals surface area contributed by atoms with E-state index in [1.54, 1.807) is 12.1 Å². The summed E-state index contributed by atoms with van der Waals surface area (Å²) in [5, 5.41) is 0.538. The zero-order valence-electron chi connectivity index (χ0n) is 6.30. The zero-order valence-corrected chi connectivity index (χ0v) is 7.06. The van der Waals surface area contributed by atoms with Crippen LogP contribution in [0.15, 0.2) is 18.2 Å². The van der Waals surface area contributed by atoms with E-state index in [2.05, 4.69) is 0 Å². The highest BCUT2D eigenvalue weighted by atomic mass is 35.5. The average Bonchev–Trinajstić information content (AvgIpc) is 1.99. The van der Waals surface area contributed by atoms with Gasteiger partial charge >= 0.3 is 0 Å². The molecule has 0 radical (unpaired) electrons. The van der Waals surface area contributed by atoms with E-state index in [1.807, 2.05) is 13.0 Å². The molecular formula is C8H10ClNO. The first-order chi connectivity index (χ1) is 5.25. The maximum absolute atomic E-state index is 5.74. The monoisotopic (exact) mass is 171 g/mol. The van der Waals surface area contributed by atoms with E-state index in [0.29, 0.717) is 23.1 Å². The zero-order chi connectivity index (χ0) is 8.27. The van der Waals surface area contributed by atoms with Crippen LogP contribution in [0.25, 0.3) is 0 Å². The van der Waals surface area contributed by atoms with Gasteiger partial charge in [-0.05, 0) is 19.1 Å². The van der Waals surface area contributed by atoms with E-state index in [0.717, 1.165) is 0 Å². The number of rotatable bonds is 2. The Balaban J connectivity index is 2.96. The molecule has 1 rings (SSSR count). The Morgan fingerprint density at radius 2 is 2.27 bits per heavy atom. The van der Waals surface area contributed by atoms with Gasteiger partial charge in [-0.1, -0.05) is 17.7 Å². The number of para-hydroxylation sites is 1. The molecule has 0 spiro atoms. The summed E-state index contributed by atoms with van der Waals surface area (Å²) in [6, 6.07) is 5.34. The van der Waals surface area contributed by atoms with Crippen molar-refractivity contribution in [3.63, 3.8) is 0 Å². The Kier molecular flexibility index (Phi) is 2.60. The topological polar surface area (TPSA) is 35.2 Å². The molecule has 0 unspecified atom stereocenters. The van der Waals surface area contributed by atoms with Crippen LogP contribution in [-0.2, 0) is 0 Å². The lowest BCUT2D eigenvalue weighted by Crippen LogP contribution is -1.96. The van der Waals surface area contributed by atoms with Gasteiger partial charge in [-0.25, -0.2) is 0 Å². The van der Waals surface area contributed by atoms with Gasteiger partial charge in [0.25, 0.3) is 0 Å². The second kappa shape index (κ2) is 3.49. The highest BCUT2D eigenvalue weighted by molar-refractivity contribution is 6.33.